The number of aromatic nitrogens is 2. The van der Waals surface area contributed by atoms with Crippen molar-refractivity contribution >= 4 is 10.9 Å². The number of rotatable bonds is 5. The van der Waals surface area contributed by atoms with E-state index in [0.717, 1.165) is 24.0 Å². The second kappa shape index (κ2) is 5.09. The van der Waals surface area contributed by atoms with Gasteiger partial charge >= 0.3 is 0 Å². The van der Waals surface area contributed by atoms with Gasteiger partial charge in [-0.25, -0.2) is 0 Å². The van der Waals surface area contributed by atoms with Gasteiger partial charge in [0.1, 0.15) is 0 Å². The van der Waals surface area contributed by atoms with E-state index in [2.05, 4.69) is 33.7 Å². The highest BCUT2D eigenvalue weighted by molar-refractivity contribution is 5.78. The van der Waals surface area contributed by atoms with Crippen LogP contribution in [0.1, 0.15) is 12.5 Å². The zero-order valence-electron chi connectivity index (χ0n) is 9.40. The van der Waals surface area contributed by atoms with Gasteiger partial charge in [0.15, 0.2) is 0 Å². The molecule has 2 rings (SSSR count). The molecule has 0 saturated carbocycles. The number of fused-ring (bicyclic) bond motifs is 1. The molecule has 0 aliphatic rings. The molecule has 1 aromatic heterocycles. The number of aromatic amines is 1. The SMILES string of the molecule is CC(CO)CNCc1ccc2cn[nH]c2c1. The first-order valence-electron chi connectivity index (χ1n) is 5.53. The van der Waals surface area contributed by atoms with Crippen molar-refractivity contribution in [3.05, 3.63) is 30.0 Å². The number of aliphatic hydroxyl groups excluding tert-OH is 1. The number of nitrogens with zero attached hydrogens (tertiary/aromatic N) is 1. The molecule has 1 unspecified atom stereocenters. The molecule has 16 heavy (non-hydrogen) atoms. The number of nitrogens with one attached hydrogen (secondary N) is 2. The zero-order chi connectivity index (χ0) is 11.4. The molecular formula is C12H17N3O. The summed E-state index contributed by atoms with van der Waals surface area (Å²) in [5, 5.41) is 20.3. The minimum Gasteiger partial charge on any atom is -0.396 e. The quantitative estimate of drug-likeness (QED) is 0.710. The maximum atomic E-state index is 8.89. The number of H-pyrrole nitrogens is 1. The zero-order valence-corrected chi connectivity index (χ0v) is 9.40. The summed E-state index contributed by atoms with van der Waals surface area (Å²) in [4.78, 5) is 0. The highest BCUT2D eigenvalue weighted by Crippen LogP contribution is 2.12. The van der Waals surface area contributed by atoms with Crippen LogP contribution in [0.15, 0.2) is 24.4 Å². The van der Waals surface area contributed by atoms with Crippen molar-refractivity contribution in [3.8, 4) is 0 Å². The molecule has 0 saturated heterocycles. The fraction of sp³-hybridized carbons (Fsp3) is 0.417. The molecule has 1 atom stereocenters. The third kappa shape index (κ3) is 2.59. The fourth-order valence-electron chi connectivity index (χ4n) is 1.62. The van der Waals surface area contributed by atoms with Crippen LogP contribution in [0, 0.1) is 5.92 Å². The maximum absolute atomic E-state index is 8.89. The molecular weight excluding hydrogens is 202 g/mol. The summed E-state index contributed by atoms with van der Waals surface area (Å²) in [5.74, 6) is 0.302. The maximum Gasteiger partial charge on any atom is 0.0653 e. The number of benzene rings is 1. The lowest BCUT2D eigenvalue weighted by molar-refractivity contribution is 0.233. The average Bonchev–Trinajstić information content (AvgIpc) is 2.76. The Morgan fingerprint density at radius 1 is 1.50 bits per heavy atom. The van der Waals surface area contributed by atoms with E-state index in [1.165, 1.54) is 5.56 Å². The Balaban J connectivity index is 1.93. The molecule has 86 valence electrons. The van der Waals surface area contributed by atoms with E-state index in [1.54, 1.807) is 0 Å². The van der Waals surface area contributed by atoms with Gasteiger partial charge in [-0.3, -0.25) is 5.10 Å². The molecule has 0 spiro atoms. The highest BCUT2D eigenvalue weighted by atomic mass is 16.3. The number of aliphatic hydroxyl groups is 1. The summed E-state index contributed by atoms with van der Waals surface area (Å²) in [6.45, 7) is 3.90. The molecule has 0 aliphatic heterocycles. The molecule has 0 radical (unpaired) electrons. The first kappa shape index (κ1) is 11.1. The van der Waals surface area contributed by atoms with Crippen LogP contribution in [-0.2, 0) is 6.54 Å². The molecule has 0 fully saturated rings. The molecule has 0 aliphatic carbocycles. The summed E-state index contributed by atoms with van der Waals surface area (Å²) in [5.41, 5.74) is 2.29. The average molecular weight is 219 g/mol. The van der Waals surface area contributed by atoms with Crippen molar-refractivity contribution in [1.82, 2.24) is 15.5 Å². The molecule has 0 bridgehead atoms. The summed E-state index contributed by atoms with van der Waals surface area (Å²) in [6, 6.07) is 6.25. The number of hydrogen-bond donors (Lipinski definition) is 3. The van der Waals surface area contributed by atoms with E-state index in [4.69, 9.17) is 5.11 Å². The van der Waals surface area contributed by atoms with Crippen LogP contribution in [-0.4, -0.2) is 28.5 Å². The predicted octanol–water partition coefficient (Wildman–Crippen LogP) is 1.28. The first-order chi connectivity index (χ1) is 7.79. The van der Waals surface area contributed by atoms with Gasteiger partial charge < -0.3 is 10.4 Å². The van der Waals surface area contributed by atoms with Gasteiger partial charge in [0.2, 0.25) is 0 Å². The van der Waals surface area contributed by atoms with Crippen molar-refractivity contribution in [2.24, 2.45) is 5.92 Å². The molecule has 4 heteroatoms. The molecule has 2 aromatic rings. The summed E-state index contributed by atoms with van der Waals surface area (Å²) < 4.78 is 0. The lowest BCUT2D eigenvalue weighted by Gasteiger charge is -2.09. The van der Waals surface area contributed by atoms with Crippen molar-refractivity contribution in [2.75, 3.05) is 13.2 Å². The molecule has 1 heterocycles. The third-order valence-electron chi connectivity index (χ3n) is 2.64. The minimum atomic E-state index is 0.229. The van der Waals surface area contributed by atoms with E-state index in [1.807, 2.05) is 13.1 Å². The second-order valence-electron chi connectivity index (χ2n) is 4.21. The second-order valence-corrected chi connectivity index (χ2v) is 4.21. The van der Waals surface area contributed by atoms with Gasteiger partial charge in [-0.05, 0) is 17.5 Å². The van der Waals surface area contributed by atoms with E-state index in [-0.39, 0.29) is 6.61 Å². The van der Waals surface area contributed by atoms with Crippen molar-refractivity contribution in [1.29, 1.82) is 0 Å². The van der Waals surface area contributed by atoms with E-state index < -0.39 is 0 Å². The van der Waals surface area contributed by atoms with Gasteiger partial charge in [0, 0.05) is 25.1 Å². The van der Waals surface area contributed by atoms with Crippen LogP contribution in [0.2, 0.25) is 0 Å². The Bertz CT molecular complexity index is 452. The standard InChI is InChI=1S/C12H17N3O/c1-9(8-16)5-13-6-10-2-3-11-7-14-15-12(11)4-10/h2-4,7,9,13,16H,5-6,8H2,1H3,(H,14,15). The fourth-order valence-corrected chi connectivity index (χ4v) is 1.62. The molecule has 1 aromatic carbocycles. The van der Waals surface area contributed by atoms with Crippen LogP contribution in [0.3, 0.4) is 0 Å². The Morgan fingerprint density at radius 3 is 3.19 bits per heavy atom. The van der Waals surface area contributed by atoms with Crippen molar-refractivity contribution in [2.45, 2.75) is 13.5 Å². The van der Waals surface area contributed by atoms with Crippen molar-refractivity contribution in [3.63, 3.8) is 0 Å². The highest BCUT2D eigenvalue weighted by Gasteiger charge is 2.00. The third-order valence-corrected chi connectivity index (χ3v) is 2.64. The number of hydrogen-bond acceptors (Lipinski definition) is 3. The largest absolute Gasteiger partial charge is 0.396 e. The van der Waals surface area contributed by atoms with E-state index in [0.29, 0.717) is 5.92 Å². The van der Waals surface area contributed by atoms with Crippen LogP contribution < -0.4 is 5.32 Å². The van der Waals surface area contributed by atoms with Gasteiger partial charge in [0.25, 0.3) is 0 Å². The Kier molecular flexibility index (Phi) is 3.54. The van der Waals surface area contributed by atoms with Crippen LogP contribution in [0.5, 0.6) is 0 Å². The Labute approximate surface area is 94.7 Å². The summed E-state index contributed by atoms with van der Waals surface area (Å²) >= 11 is 0. The molecule has 4 nitrogen and oxygen atoms in total. The van der Waals surface area contributed by atoms with Crippen LogP contribution in [0.25, 0.3) is 10.9 Å². The molecule has 0 amide bonds. The minimum absolute atomic E-state index is 0.229. The van der Waals surface area contributed by atoms with Gasteiger partial charge in [-0.15, -0.1) is 0 Å². The lowest BCUT2D eigenvalue weighted by Crippen LogP contribution is -2.22. The Hall–Kier alpha value is -1.39. The van der Waals surface area contributed by atoms with Crippen molar-refractivity contribution < 1.29 is 5.11 Å². The molecule has 3 N–H and O–H groups in total. The lowest BCUT2D eigenvalue weighted by atomic mass is 10.1. The van der Waals surface area contributed by atoms with E-state index in [9.17, 15) is 0 Å². The summed E-state index contributed by atoms with van der Waals surface area (Å²) in [6.07, 6.45) is 1.82. The smallest absolute Gasteiger partial charge is 0.0653 e. The van der Waals surface area contributed by atoms with Crippen LogP contribution in [0.4, 0.5) is 0 Å². The van der Waals surface area contributed by atoms with Gasteiger partial charge in [-0.1, -0.05) is 19.1 Å². The topological polar surface area (TPSA) is 60.9 Å². The van der Waals surface area contributed by atoms with Crippen LogP contribution >= 0.6 is 0 Å². The predicted molar refractivity (Wildman–Crippen MR) is 64.1 cm³/mol. The monoisotopic (exact) mass is 219 g/mol. The summed E-state index contributed by atoms with van der Waals surface area (Å²) in [7, 11) is 0. The van der Waals surface area contributed by atoms with Gasteiger partial charge in [-0.2, -0.15) is 5.10 Å². The first-order valence-corrected chi connectivity index (χ1v) is 5.53. The van der Waals surface area contributed by atoms with E-state index >= 15 is 0 Å². The Morgan fingerprint density at radius 2 is 2.38 bits per heavy atom. The van der Waals surface area contributed by atoms with Gasteiger partial charge in [0.05, 0.1) is 11.7 Å². The normalized spacial score (nSPS) is 13.1.